The van der Waals surface area contributed by atoms with Gasteiger partial charge in [0, 0.05) is 4.88 Å². The molecule has 13 heavy (non-hydrogen) atoms. The van der Waals surface area contributed by atoms with Crippen LogP contribution < -0.4 is 5.32 Å². The normalized spacial score (nSPS) is 19.5. The van der Waals surface area contributed by atoms with Crippen molar-refractivity contribution in [2.45, 2.75) is 0 Å². The SMILES string of the molecule is O=C1NC(=O)/C(=C/c2cccs2)S1. The lowest BCUT2D eigenvalue weighted by molar-refractivity contribution is -0.115. The van der Waals surface area contributed by atoms with Crippen LogP contribution >= 0.6 is 23.1 Å². The van der Waals surface area contributed by atoms with Gasteiger partial charge in [-0.25, -0.2) is 0 Å². The number of nitrogens with one attached hydrogen (secondary N) is 1. The third-order valence-corrected chi connectivity index (χ3v) is 3.09. The van der Waals surface area contributed by atoms with Crippen molar-refractivity contribution in [3.8, 4) is 0 Å². The first-order valence-corrected chi connectivity index (χ1v) is 5.24. The number of hydrogen-bond donors (Lipinski definition) is 1. The highest BCUT2D eigenvalue weighted by atomic mass is 32.2. The molecule has 66 valence electrons. The van der Waals surface area contributed by atoms with Crippen molar-refractivity contribution in [2.75, 3.05) is 0 Å². The maximum absolute atomic E-state index is 11.1. The van der Waals surface area contributed by atoms with E-state index in [2.05, 4.69) is 5.32 Å². The molecular formula is C8H5NO2S2. The van der Waals surface area contributed by atoms with Crippen LogP contribution in [-0.4, -0.2) is 11.1 Å². The number of thioether (sulfide) groups is 1. The van der Waals surface area contributed by atoms with E-state index in [4.69, 9.17) is 0 Å². The van der Waals surface area contributed by atoms with Crippen LogP contribution in [0.25, 0.3) is 6.08 Å². The minimum atomic E-state index is -0.302. The van der Waals surface area contributed by atoms with Crippen molar-refractivity contribution in [2.24, 2.45) is 0 Å². The number of carbonyl (C=O) groups excluding carboxylic acids is 2. The van der Waals surface area contributed by atoms with Crippen LogP contribution in [0, 0.1) is 0 Å². The highest BCUT2D eigenvalue weighted by molar-refractivity contribution is 8.18. The summed E-state index contributed by atoms with van der Waals surface area (Å²) in [7, 11) is 0. The van der Waals surface area contributed by atoms with E-state index in [1.54, 1.807) is 6.08 Å². The van der Waals surface area contributed by atoms with Gasteiger partial charge in [0.1, 0.15) is 0 Å². The Bertz CT molecular complexity index is 381. The summed E-state index contributed by atoms with van der Waals surface area (Å²) < 4.78 is 0. The molecule has 0 radical (unpaired) electrons. The molecule has 5 heteroatoms. The van der Waals surface area contributed by atoms with Gasteiger partial charge in [0.15, 0.2) is 0 Å². The molecular weight excluding hydrogens is 206 g/mol. The Kier molecular flexibility index (Phi) is 2.20. The van der Waals surface area contributed by atoms with Crippen LogP contribution in [0.4, 0.5) is 4.79 Å². The van der Waals surface area contributed by atoms with Crippen LogP contribution in [0.3, 0.4) is 0 Å². The van der Waals surface area contributed by atoms with E-state index < -0.39 is 0 Å². The molecule has 1 aromatic heterocycles. The molecule has 0 bridgehead atoms. The Balaban J connectivity index is 2.27. The fourth-order valence-electron chi connectivity index (χ4n) is 0.924. The Morgan fingerprint density at radius 3 is 2.77 bits per heavy atom. The molecule has 0 atom stereocenters. The average Bonchev–Trinajstić information content (AvgIpc) is 2.63. The highest BCUT2D eigenvalue weighted by Gasteiger charge is 2.24. The molecule has 2 amide bonds. The second-order valence-corrected chi connectivity index (χ2v) is 4.36. The topological polar surface area (TPSA) is 46.2 Å². The molecule has 0 aliphatic carbocycles. The molecule has 2 heterocycles. The zero-order valence-electron chi connectivity index (χ0n) is 6.44. The van der Waals surface area contributed by atoms with Gasteiger partial charge in [-0.05, 0) is 29.3 Å². The summed E-state index contributed by atoms with van der Waals surface area (Å²) in [6.07, 6.45) is 1.72. The number of hydrogen-bond acceptors (Lipinski definition) is 4. The van der Waals surface area contributed by atoms with Crippen LogP contribution in [-0.2, 0) is 4.79 Å². The van der Waals surface area contributed by atoms with Crippen molar-refractivity contribution < 1.29 is 9.59 Å². The molecule has 3 nitrogen and oxygen atoms in total. The minimum Gasteiger partial charge on any atom is -0.282 e. The van der Waals surface area contributed by atoms with E-state index in [1.165, 1.54) is 11.3 Å². The monoisotopic (exact) mass is 211 g/mol. The van der Waals surface area contributed by atoms with Crippen molar-refractivity contribution >= 4 is 40.3 Å². The molecule has 2 rings (SSSR count). The third kappa shape index (κ3) is 1.81. The molecule has 1 aliphatic rings. The van der Waals surface area contributed by atoms with E-state index in [9.17, 15) is 9.59 Å². The fourth-order valence-corrected chi connectivity index (χ4v) is 2.33. The first kappa shape index (κ1) is 8.52. The van der Waals surface area contributed by atoms with Crippen molar-refractivity contribution in [1.82, 2.24) is 5.32 Å². The van der Waals surface area contributed by atoms with Gasteiger partial charge in [-0.1, -0.05) is 6.07 Å². The van der Waals surface area contributed by atoms with Crippen molar-refractivity contribution in [3.05, 3.63) is 27.3 Å². The first-order valence-electron chi connectivity index (χ1n) is 3.54. The fraction of sp³-hybridized carbons (Fsp3) is 0. The van der Waals surface area contributed by atoms with E-state index in [0.29, 0.717) is 4.91 Å². The smallest absolute Gasteiger partial charge is 0.282 e. The van der Waals surface area contributed by atoms with Crippen LogP contribution in [0.1, 0.15) is 4.88 Å². The number of amides is 2. The molecule has 1 N–H and O–H groups in total. The number of rotatable bonds is 1. The third-order valence-electron chi connectivity index (χ3n) is 1.46. The summed E-state index contributed by atoms with van der Waals surface area (Å²) in [6.45, 7) is 0. The zero-order chi connectivity index (χ0) is 9.26. The zero-order valence-corrected chi connectivity index (χ0v) is 8.08. The predicted octanol–water partition coefficient (Wildman–Crippen LogP) is 2.07. The lowest BCUT2D eigenvalue weighted by Crippen LogP contribution is -2.17. The van der Waals surface area contributed by atoms with Crippen molar-refractivity contribution in [1.29, 1.82) is 0 Å². The van der Waals surface area contributed by atoms with Gasteiger partial charge >= 0.3 is 0 Å². The van der Waals surface area contributed by atoms with Gasteiger partial charge < -0.3 is 0 Å². The maximum Gasteiger partial charge on any atom is 0.290 e. The molecule has 0 aromatic carbocycles. The van der Waals surface area contributed by atoms with Crippen LogP contribution in [0.15, 0.2) is 22.4 Å². The summed E-state index contributed by atoms with van der Waals surface area (Å²) >= 11 is 2.47. The lowest BCUT2D eigenvalue weighted by Gasteiger charge is -1.87. The largest absolute Gasteiger partial charge is 0.290 e. The van der Waals surface area contributed by atoms with E-state index in [-0.39, 0.29) is 11.1 Å². The first-order chi connectivity index (χ1) is 6.25. The highest BCUT2D eigenvalue weighted by Crippen LogP contribution is 2.26. The molecule has 1 aromatic rings. The number of imide groups is 1. The van der Waals surface area contributed by atoms with Gasteiger partial charge in [0.25, 0.3) is 11.1 Å². The standard InChI is InChI=1S/C8H5NO2S2/c10-7-6(13-8(11)9-7)4-5-2-1-3-12-5/h1-4H,(H,9,10,11)/b6-4-. The number of thiophene rings is 1. The average molecular weight is 211 g/mol. The molecule has 1 aliphatic heterocycles. The predicted molar refractivity (Wildman–Crippen MR) is 53.4 cm³/mol. The van der Waals surface area contributed by atoms with E-state index in [1.807, 2.05) is 17.5 Å². The van der Waals surface area contributed by atoms with Gasteiger partial charge in [-0.2, -0.15) is 0 Å². The summed E-state index contributed by atoms with van der Waals surface area (Å²) in [5.41, 5.74) is 0. The quantitative estimate of drug-likeness (QED) is 0.723. The Hall–Kier alpha value is -1.07. The number of carbonyl (C=O) groups is 2. The molecule has 1 saturated heterocycles. The molecule has 0 spiro atoms. The molecule has 0 saturated carbocycles. The minimum absolute atomic E-state index is 0.298. The van der Waals surface area contributed by atoms with Crippen LogP contribution in [0.2, 0.25) is 0 Å². The summed E-state index contributed by atoms with van der Waals surface area (Å²) in [5, 5.41) is 3.82. The summed E-state index contributed by atoms with van der Waals surface area (Å²) in [4.78, 5) is 23.3. The maximum atomic E-state index is 11.1. The second kappa shape index (κ2) is 3.35. The molecule has 0 unspecified atom stereocenters. The Labute approximate surface area is 82.8 Å². The lowest BCUT2D eigenvalue weighted by atomic mass is 10.4. The van der Waals surface area contributed by atoms with Crippen LogP contribution in [0.5, 0.6) is 0 Å². The molecule has 1 fully saturated rings. The Morgan fingerprint density at radius 2 is 2.23 bits per heavy atom. The second-order valence-electron chi connectivity index (χ2n) is 2.37. The van der Waals surface area contributed by atoms with E-state index in [0.717, 1.165) is 16.6 Å². The van der Waals surface area contributed by atoms with Gasteiger partial charge in [-0.15, -0.1) is 11.3 Å². The van der Waals surface area contributed by atoms with Crippen molar-refractivity contribution in [3.63, 3.8) is 0 Å². The van der Waals surface area contributed by atoms with Gasteiger partial charge in [-0.3, -0.25) is 14.9 Å². The summed E-state index contributed by atoms with van der Waals surface area (Å²) in [6, 6.07) is 3.80. The summed E-state index contributed by atoms with van der Waals surface area (Å²) in [5.74, 6) is -0.302. The van der Waals surface area contributed by atoms with Gasteiger partial charge in [0.05, 0.1) is 4.91 Å². The Morgan fingerprint density at radius 1 is 1.38 bits per heavy atom. The van der Waals surface area contributed by atoms with E-state index >= 15 is 0 Å². The van der Waals surface area contributed by atoms with Gasteiger partial charge in [0.2, 0.25) is 0 Å².